The van der Waals surface area contributed by atoms with Crippen molar-refractivity contribution in [3.63, 3.8) is 0 Å². The van der Waals surface area contributed by atoms with Gasteiger partial charge in [0, 0.05) is 6.07 Å². The first-order chi connectivity index (χ1) is 7.22. The van der Waals surface area contributed by atoms with Crippen molar-refractivity contribution in [2.24, 2.45) is 0 Å². The van der Waals surface area contributed by atoms with E-state index in [1.165, 1.54) is 0 Å². The lowest BCUT2D eigenvalue weighted by Gasteiger charge is -2.08. The molecule has 1 aromatic rings. The summed E-state index contributed by atoms with van der Waals surface area (Å²) in [5, 5.41) is 16.3. The summed E-state index contributed by atoms with van der Waals surface area (Å²) in [5.74, 6) is 0.444. The molecule has 5 heteroatoms. The Kier molecular flexibility index (Phi) is 5.00. The molecule has 0 spiro atoms. The van der Waals surface area contributed by atoms with Gasteiger partial charge in [-0.2, -0.15) is 0 Å². The van der Waals surface area contributed by atoms with Crippen LogP contribution in [0.4, 0.5) is 0 Å². The molecule has 15 heavy (non-hydrogen) atoms. The van der Waals surface area contributed by atoms with Gasteiger partial charge in [-0.25, -0.2) is 0 Å². The number of nitrogens with zero attached hydrogens (tertiary/aromatic N) is 2. The van der Waals surface area contributed by atoms with Crippen molar-refractivity contribution in [3.05, 3.63) is 17.8 Å². The van der Waals surface area contributed by atoms with Gasteiger partial charge in [0.15, 0.2) is 0 Å². The van der Waals surface area contributed by atoms with Crippen LogP contribution in [0.2, 0.25) is 0 Å². The van der Waals surface area contributed by atoms with Crippen molar-refractivity contribution in [1.82, 2.24) is 10.2 Å². The van der Waals surface area contributed by atoms with Crippen molar-refractivity contribution in [1.29, 1.82) is 0 Å². The van der Waals surface area contributed by atoms with E-state index in [1.54, 1.807) is 12.1 Å². The number of hydrogen-bond acceptors (Lipinski definition) is 5. The zero-order valence-electron chi connectivity index (χ0n) is 9.01. The number of aromatic nitrogens is 2. The molecule has 0 bridgehead atoms. The quantitative estimate of drug-likeness (QED) is 0.706. The summed E-state index contributed by atoms with van der Waals surface area (Å²) >= 11 is 0. The molecule has 0 aliphatic heterocycles. The number of hydrogen-bond donors (Lipinski definition) is 1. The van der Waals surface area contributed by atoms with E-state index in [1.807, 2.05) is 13.8 Å². The monoisotopic (exact) mass is 212 g/mol. The van der Waals surface area contributed by atoms with Crippen LogP contribution in [0.5, 0.6) is 5.88 Å². The highest BCUT2D eigenvalue weighted by atomic mass is 16.5. The van der Waals surface area contributed by atoms with Gasteiger partial charge >= 0.3 is 0 Å². The van der Waals surface area contributed by atoms with E-state index < -0.39 is 0 Å². The Morgan fingerprint density at radius 3 is 2.60 bits per heavy atom. The van der Waals surface area contributed by atoms with Crippen molar-refractivity contribution < 1.29 is 14.6 Å². The highest BCUT2D eigenvalue weighted by Gasteiger charge is 1.98. The highest BCUT2D eigenvalue weighted by molar-refractivity contribution is 5.10. The maximum atomic E-state index is 8.74. The van der Waals surface area contributed by atoms with Crippen molar-refractivity contribution in [3.8, 4) is 5.88 Å². The molecule has 0 aliphatic carbocycles. The molecule has 1 aromatic heterocycles. The molecule has 0 aliphatic rings. The average molecular weight is 212 g/mol. The minimum atomic E-state index is -0.107. The Labute approximate surface area is 89.1 Å². The summed E-state index contributed by atoms with van der Waals surface area (Å²) in [6.45, 7) is 4.81. The molecule has 0 atom stereocenters. The normalized spacial score (nSPS) is 10.7. The van der Waals surface area contributed by atoms with Crippen LogP contribution in [-0.2, 0) is 11.3 Å². The van der Waals surface area contributed by atoms with E-state index in [0.717, 1.165) is 0 Å². The lowest BCUT2D eigenvalue weighted by atomic mass is 10.4. The zero-order valence-corrected chi connectivity index (χ0v) is 9.01. The van der Waals surface area contributed by atoms with Gasteiger partial charge in [-0.05, 0) is 19.9 Å². The van der Waals surface area contributed by atoms with Gasteiger partial charge in [-0.15, -0.1) is 10.2 Å². The van der Waals surface area contributed by atoms with E-state index >= 15 is 0 Å². The van der Waals surface area contributed by atoms with Gasteiger partial charge in [-0.3, -0.25) is 0 Å². The van der Waals surface area contributed by atoms with Crippen molar-refractivity contribution >= 4 is 0 Å². The lowest BCUT2D eigenvalue weighted by Crippen LogP contribution is -2.12. The molecule has 0 amide bonds. The lowest BCUT2D eigenvalue weighted by molar-refractivity contribution is 0.0540. The fourth-order valence-electron chi connectivity index (χ4n) is 0.939. The van der Waals surface area contributed by atoms with Gasteiger partial charge in [0.1, 0.15) is 6.61 Å². The van der Waals surface area contributed by atoms with Gasteiger partial charge < -0.3 is 14.6 Å². The molecule has 1 heterocycles. The molecule has 1 rings (SSSR count). The summed E-state index contributed by atoms with van der Waals surface area (Å²) in [6, 6.07) is 3.35. The number of aliphatic hydroxyl groups excluding tert-OH is 1. The fraction of sp³-hybridized carbons (Fsp3) is 0.600. The second kappa shape index (κ2) is 6.31. The first-order valence-corrected chi connectivity index (χ1v) is 4.90. The summed E-state index contributed by atoms with van der Waals surface area (Å²) in [6.07, 6.45) is 0.205. The van der Waals surface area contributed by atoms with Crippen LogP contribution in [0.15, 0.2) is 12.1 Å². The third-order valence-corrected chi connectivity index (χ3v) is 1.64. The summed E-state index contributed by atoms with van der Waals surface area (Å²) in [7, 11) is 0. The number of rotatable bonds is 6. The summed E-state index contributed by atoms with van der Waals surface area (Å²) in [5.41, 5.74) is 0.529. The Morgan fingerprint density at radius 1 is 1.27 bits per heavy atom. The summed E-state index contributed by atoms with van der Waals surface area (Å²) in [4.78, 5) is 0. The van der Waals surface area contributed by atoms with Crippen LogP contribution in [0.25, 0.3) is 0 Å². The largest absolute Gasteiger partial charge is 0.474 e. The Balaban J connectivity index is 2.25. The molecule has 5 nitrogen and oxygen atoms in total. The van der Waals surface area contributed by atoms with Crippen LogP contribution in [0, 0.1) is 0 Å². The number of ether oxygens (including phenoxy) is 2. The Morgan fingerprint density at radius 2 is 2.07 bits per heavy atom. The van der Waals surface area contributed by atoms with Crippen LogP contribution in [0.1, 0.15) is 19.5 Å². The van der Waals surface area contributed by atoms with Crippen LogP contribution in [0.3, 0.4) is 0 Å². The van der Waals surface area contributed by atoms with E-state index in [2.05, 4.69) is 10.2 Å². The second-order valence-corrected chi connectivity index (χ2v) is 3.29. The molecule has 1 N–H and O–H groups in total. The highest BCUT2D eigenvalue weighted by Crippen LogP contribution is 2.04. The Bertz CT molecular complexity index is 275. The van der Waals surface area contributed by atoms with Crippen molar-refractivity contribution in [2.75, 3.05) is 13.2 Å². The smallest absolute Gasteiger partial charge is 0.233 e. The first kappa shape index (κ1) is 11.9. The number of aliphatic hydroxyl groups is 1. The minimum absolute atomic E-state index is 0.107. The minimum Gasteiger partial charge on any atom is -0.474 e. The third-order valence-electron chi connectivity index (χ3n) is 1.64. The van der Waals surface area contributed by atoms with Gasteiger partial charge in [0.05, 0.1) is 25.0 Å². The molecule has 0 radical (unpaired) electrons. The molecule has 0 unspecified atom stereocenters. The van der Waals surface area contributed by atoms with E-state index in [4.69, 9.17) is 14.6 Å². The SMILES string of the molecule is CC(C)OCCOc1ccc(CO)nn1. The molecule has 0 aromatic carbocycles. The maximum Gasteiger partial charge on any atom is 0.233 e. The standard InChI is InChI=1S/C10H16N2O3/c1-8(2)14-5-6-15-10-4-3-9(7-13)11-12-10/h3-4,8,13H,5-7H2,1-2H3. The fourth-order valence-corrected chi connectivity index (χ4v) is 0.939. The predicted molar refractivity (Wildman–Crippen MR) is 54.5 cm³/mol. The van der Waals surface area contributed by atoms with Crippen LogP contribution >= 0.6 is 0 Å². The van der Waals surface area contributed by atoms with E-state index in [-0.39, 0.29) is 12.7 Å². The Hall–Kier alpha value is -1.20. The maximum absolute atomic E-state index is 8.74. The third kappa shape index (κ3) is 4.71. The first-order valence-electron chi connectivity index (χ1n) is 4.90. The molecule has 0 saturated heterocycles. The van der Waals surface area contributed by atoms with Crippen LogP contribution in [-0.4, -0.2) is 34.6 Å². The predicted octanol–water partition coefficient (Wildman–Crippen LogP) is 0.773. The van der Waals surface area contributed by atoms with Crippen molar-refractivity contribution in [2.45, 2.75) is 26.6 Å². The molecule has 0 fully saturated rings. The van der Waals surface area contributed by atoms with Crippen LogP contribution < -0.4 is 4.74 Å². The van der Waals surface area contributed by atoms with E-state index in [9.17, 15) is 0 Å². The summed E-state index contributed by atoms with van der Waals surface area (Å²) < 4.78 is 10.6. The zero-order chi connectivity index (χ0) is 11.1. The van der Waals surface area contributed by atoms with Gasteiger partial charge in [0.2, 0.25) is 5.88 Å². The van der Waals surface area contributed by atoms with Gasteiger partial charge in [0.25, 0.3) is 0 Å². The molecule has 84 valence electrons. The van der Waals surface area contributed by atoms with Gasteiger partial charge in [-0.1, -0.05) is 0 Å². The molecule has 0 saturated carbocycles. The average Bonchev–Trinajstić information content (AvgIpc) is 2.25. The second-order valence-electron chi connectivity index (χ2n) is 3.29. The topological polar surface area (TPSA) is 64.5 Å². The van der Waals surface area contributed by atoms with E-state index in [0.29, 0.717) is 24.8 Å². The molecular formula is C10H16N2O3. The molecular weight excluding hydrogens is 196 g/mol.